The first-order chi connectivity index (χ1) is 8.54. The van der Waals surface area contributed by atoms with Gasteiger partial charge in [0.05, 0.1) is 5.69 Å². The van der Waals surface area contributed by atoms with Crippen LogP contribution in [0.25, 0.3) is 5.13 Å². The number of carbonyl (C=O) groups is 1. The van der Waals surface area contributed by atoms with Gasteiger partial charge in [0, 0.05) is 5.92 Å². The molecular weight excluding hydrogens is 250 g/mol. The van der Waals surface area contributed by atoms with Gasteiger partial charge in [0.25, 0.3) is 0 Å². The van der Waals surface area contributed by atoms with E-state index in [9.17, 15) is 4.79 Å². The smallest absolute Gasteiger partial charge is 0.234 e. The Bertz CT molecular complexity index is 558. The zero-order valence-corrected chi connectivity index (χ0v) is 11.6. The van der Waals surface area contributed by atoms with E-state index in [1.807, 2.05) is 13.8 Å². The molecule has 2 aromatic heterocycles. The van der Waals surface area contributed by atoms with E-state index < -0.39 is 0 Å². The van der Waals surface area contributed by atoms with Gasteiger partial charge in [-0.25, -0.2) is 0 Å². The zero-order valence-electron chi connectivity index (χ0n) is 10.8. The molecule has 0 N–H and O–H groups in total. The topological polar surface area (TPSA) is 73.6 Å². The summed E-state index contributed by atoms with van der Waals surface area (Å²) < 4.78 is 1.61. The van der Waals surface area contributed by atoms with Crippen molar-refractivity contribution in [3.63, 3.8) is 0 Å². The van der Waals surface area contributed by atoms with Gasteiger partial charge in [0.1, 0.15) is 10.7 Å². The van der Waals surface area contributed by atoms with Gasteiger partial charge in [-0.1, -0.05) is 44.2 Å². The minimum atomic E-state index is 0.145. The van der Waals surface area contributed by atoms with Gasteiger partial charge in [-0.15, -0.1) is 15.3 Å². The number of hydrogen-bond acceptors (Lipinski definition) is 6. The second-order valence-electron chi connectivity index (χ2n) is 4.62. The maximum Gasteiger partial charge on any atom is 0.234 e. The van der Waals surface area contributed by atoms with Crippen LogP contribution in [0, 0.1) is 0 Å². The molecule has 6 nitrogen and oxygen atoms in total. The summed E-state index contributed by atoms with van der Waals surface area (Å²) in [5.74, 6) is 0.472. The summed E-state index contributed by atoms with van der Waals surface area (Å²) in [5, 5.41) is 17.7. The van der Waals surface area contributed by atoms with Crippen LogP contribution >= 0.6 is 11.3 Å². The van der Waals surface area contributed by atoms with Crippen LogP contribution in [0.5, 0.6) is 0 Å². The Morgan fingerprint density at radius 1 is 1.11 bits per heavy atom. The van der Waals surface area contributed by atoms with Crippen LogP contribution in [-0.4, -0.2) is 31.5 Å². The third kappa shape index (κ3) is 2.17. The van der Waals surface area contributed by atoms with Crippen molar-refractivity contribution >= 4 is 17.6 Å². The first-order valence-corrected chi connectivity index (χ1v) is 6.60. The molecule has 2 heterocycles. The second kappa shape index (κ2) is 4.93. The Kier molecular flexibility index (Phi) is 3.51. The number of nitrogens with zero attached hydrogens (tertiary/aromatic N) is 5. The molecule has 0 fully saturated rings. The van der Waals surface area contributed by atoms with Crippen LogP contribution in [0.15, 0.2) is 0 Å². The molecule has 0 aliphatic rings. The van der Waals surface area contributed by atoms with Crippen molar-refractivity contribution in [2.75, 3.05) is 0 Å². The molecule has 0 spiro atoms. The van der Waals surface area contributed by atoms with Gasteiger partial charge in [0.2, 0.25) is 5.13 Å². The largest absolute Gasteiger partial charge is 0.296 e. The summed E-state index contributed by atoms with van der Waals surface area (Å²) in [6.45, 7) is 8.11. The fourth-order valence-electron chi connectivity index (χ4n) is 1.61. The van der Waals surface area contributed by atoms with Crippen LogP contribution < -0.4 is 0 Å². The Labute approximate surface area is 109 Å². The average Bonchev–Trinajstić information content (AvgIpc) is 2.94. The standard InChI is InChI=1S/C11H15N5OS/c1-6(2)9-8(5-17)12-15-16(9)11-14-13-10(18-11)7(3)4/h5-7H,1-4H3. The molecule has 0 bridgehead atoms. The SMILES string of the molecule is CC(C)c1nnc(-n2nnc(C=O)c2C(C)C)s1. The van der Waals surface area contributed by atoms with Crippen molar-refractivity contribution in [3.8, 4) is 5.13 Å². The number of rotatable bonds is 4. The van der Waals surface area contributed by atoms with Crippen LogP contribution in [0.3, 0.4) is 0 Å². The van der Waals surface area contributed by atoms with E-state index in [0.29, 0.717) is 16.7 Å². The molecule has 96 valence electrons. The van der Waals surface area contributed by atoms with Crippen molar-refractivity contribution in [1.82, 2.24) is 25.2 Å². The second-order valence-corrected chi connectivity index (χ2v) is 5.61. The van der Waals surface area contributed by atoms with Gasteiger partial charge in [-0.3, -0.25) is 4.79 Å². The summed E-state index contributed by atoms with van der Waals surface area (Å²) in [6.07, 6.45) is 0.725. The molecule has 18 heavy (non-hydrogen) atoms. The molecule has 0 unspecified atom stereocenters. The number of aldehydes is 1. The Morgan fingerprint density at radius 3 is 2.33 bits per heavy atom. The van der Waals surface area contributed by atoms with E-state index in [4.69, 9.17) is 0 Å². The first-order valence-electron chi connectivity index (χ1n) is 5.79. The highest BCUT2D eigenvalue weighted by Gasteiger charge is 2.20. The Morgan fingerprint density at radius 2 is 1.83 bits per heavy atom. The van der Waals surface area contributed by atoms with E-state index >= 15 is 0 Å². The lowest BCUT2D eigenvalue weighted by Gasteiger charge is -2.05. The van der Waals surface area contributed by atoms with Crippen LogP contribution in [0.2, 0.25) is 0 Å². The van der Waals surface area contributed by atoms with E-state index in [1.54, 1.807) is 4.68 Å². The van der Waals surface area contributed by atoms with Crippen molar-refractivity contribution < 1.29 is 4.79 Å². The minimum Gasteiger partial charge on any atom is -0.296 e. The molecule has 0 aromatic carbocycles. The molecular formula is C11H15N5OS. The highest BCUT2D eigenvalue weighted by Crippen LogP contribution is 2.25. The summed E-state index contributed by atoms with van der Waals surface area (Å²) in [5.41, 5.74) is 1.14. The zero-order chi connectivity index (χ0) is 13.3. The van der Waals surface area contributed by atoms with Crippen molar-refractivity contribution in [3.05, 3.63) is 16.4 Å². The molecule has 0 aliphatic carbocycles. The highest BCUT2D eigenvalue weighted by atomic mass is 32.1. The highest BCUT2D eigenvalue weighted by molar-refractivity contribution is 7.13. The first kappa shape index (κ1) is 12.8. The lowest BCUT2D eigenvalue weighted by Crippen LogP contribution is -2.05. The normalized spacial score (nSPS) is 11.4. The predicted molar refractivity (Wildman–Crippen MR) is 68.4 cm³/mol. The molecule has 0 saturated carbocycles. The van der Waals surface area contributed by atoms with Gasteiger partial charge in [-0.05, 0) is 5.92 Å². The fourth-order valence-corrected chi connectivity index (χ4v) is 2.42. The van der Waals surface area contributed by atoms with E-state index in [-0.39, 0.29) is 5.92 Å². The fraction of sp³-hybridized carbons (Fsp3) is 0.545. The third-order valence-corrected chi connectivity index (χ3v) is 3.70. The molecule has 2 rings (SSSR count). The van der Waals surface area contributed by atoms with E-state index in [1.165, 1.54) is 11.3 Å². The molecule has 0 aliphatic heterocycles. The molecule has 0 saturated heterocycles. The monoisotopic (exact) mass is 265 g/mol. The van der Waals surface area contributed by atoms with Crippen LogP contribution in [0.4, 0.5) is 0 Å². The Hall–Kier alpha value is -1.63. The Balaban J connectivity index is 2.49. The predicted octanol–water partition coefficient (Wildman–Crippen LogP) is 2.18. The summed E-state index contributed by atoms with van der Waals surface area (Å²) in [4.78, 5) is 10.9. The summed E-state index contributed by atoms with van der Waals surface area (Å²) >= 11 is 1.47. The quantitative estimate of drug-likeness (QED) is 0.792. The average molecular weight is 265 g/mol. The third-order valence-electron chi connectivity index (χ3n) is 2.50. The minimum absolute atomic E-state index is 0.145. The summed E-state index contributed by atoms with van der Waals surface area (Å²) in [7, 11) is 0. The number of hydrogen-bond donors (Lipinski definition) is 0. The van der Waals surface area contributed by atoms with Gasteiger partial charge in [-0.2, -0.15) is 4.68 Å². The van der Waals surface area contributed by atoms with Crippen molar-refractivity contribution in [2.24, 2.45) is 0 Å². The molecule has 0 radical (unpaired) electrons. The van der Waals surface area contributed by atoms with Gasteiger partial charge < -0.3 is 0 Å². The molecule has 0 amide bonds. The molecule has 7 heteroatoms. The molecule has 0 atom stereocenters. The maximum absolute atomic E-state index is 10.9. The van der Waals surface area contributed by atoms with Gasteiger partial charge in [0.15, 0.2) is 6.29 Å². The number of aromatic nitrogens is 5. The van der Waals surface area contributed by atoms with Crippen molar-refractivity contribution in [1.29, 1.82) is 0 Å². The van der Waals surface area contributed by atoms with Crippen LogP contribution in [-0.2, 0) is 0 Å². The lowest BCUT2D eigenvalue weighted by atomic mass is 10.1. The summed E-state index contributed by atoms with van der Waals surface area (Å²) in [6, 6.07) is 0. The number of carbonyl (C=O) groups excluding carboxylic acids is 1. The molecule has 2 aromatic rings. The lowest BCUT2D eigenvalue weighted by molar-refractivity contribution is 0.111. The van der Waals surface area contributed by atoms with Crippen molar-refractivity contribution in [2.45, 2.75) is 39.5 Å². The van der Waals surface area contributed by atoms with E-state index in [2.05, 4.69) is 34.4 Å². The van der Waals surface area contributed by atoms with Crippen LogP contribution in [0.1, 0.15) is 60.7 Å². The maximum atomic E-state index is 10.9. The van der Waals surface area contributed by atoms with E-state index in [0.717, 1.165) is 17.0 Å². The van der Waals surface area contributed by atoms with Gasteiger partial charge >= 0.3 is 0 Å².